The normalized spacial score (nSPS) is 11.2. The Bertz CT molecular complexity index is 538. The number of nitrogens with one attached hydrogen (secondary N) is 1. The van der Waals surface area contributed by atoms with Crippen LogP contribution < -0.4 is 5.32 Å². The highest BCUT2D eigenvalue weighted by molar-refractivity contribution is 7.13. The quantitative estimate of drug-likeness (QED) is 0.742. The molecule has 0 saturated heterocycles. The van der Waals surface area contributed by atoms with Gasteiger partial charge in [0.05, 0.1) is 0 Å². The molecule has 4 heteroatoms. The van der Waals surface area contributed by atoms with E-state index in [1.54, 1.807) is 17.4 Å². The summed E-state index contributed by atoms with van der Waals surface area (Å²) >= 11 is 1.57. The highest BCUT2D eigenvalue weighted by Gasteiger charge is 2.07. The number of hydrogen-bond acceptors (Lipinski definition) is 3. The molecule has 0 aliphatic rings. The molecule has 21 heavy (non-hydrogen) atoms. The lowest BCUT2D eigenvalue weighted by Gasteiger charge is -2.10. The molecule has 0 amide bonds. The first-order chi connectivity index (χ1) is 10.2. The largest absolute Gasteiger partial charge is 0.313 e. The zero-order valence-electron chi connectivity index (χ0n) is 12.7. The Morgan fingerprint density at radius 2 is 2.05 bits per heavy atom. The standard InChI is InChI=1S/C17H23FN2S/c1-20(2)10-4-3-9-19-13-14-7-8-16(18)15(12-14)17-6-5-11-21-17/h5-8,11-12,19H,3-4,9-10,13H2,1-2H3. The van der Waals surface area contributed by atoms with Crippen LogP contribution in [-0.2, 0) is 6.54 Å². The molecule has 1 aromatic heterocycles. The molecule has 1 N–H and O–H groups in total. The summed E-state index contributed by atoms with van der Waals surface area (Å²) in [5.74, 6) is -0.146. The fraction of sp³-hybridized carbons (Fsp3) is 0.412. The fourth-order valence-corrected chi connectivity index (χ4v) is 2.96. The van der Waals surface area contributed by atoms with E-state index in [2.05, 4.69) is 24.3 Å². The summed E-state index contributed by atoms with van der Waals surface area (Å²) in [6, 6.07) is 9.29. The maximum atomic E-state index is 13.9. The van der Waals surface area contributed by atoms with Crippen LogP contribution in [0.2, 0.25) is 0 Å². The summed E-state index contributed by atoms with van der Waals surface area (Å²) in [6.07, 6.45) is 2.36. The molecule has 0 atom stereocenters. The first-order valence-corrected chi connectivity index (χ1v) is 8.22. The fourth-order valence-electron chi connectivity index (χ4n) is 2.21. The maximum Gasteiger partial charge on any atom is 0.131 e. The lowest BCUT2D eigenvalue weighted by Crippen LogP contribution is -2.18. The van der Waals surface area contributed by atoms with Crippen LogP contribution >= 0.6 is 11.3 Å². The van der Waals surface area contributed by atoms with E-state index < -0.39 is 0 Å². The van der Waals surface area contributed by atoms with Crippen molar-refractivity contribution < 1.29 is 4.39 Å². The van der Waals surface area contributed by atoms with Gasteiger partial charge in [-0.3, -0.25) is 0 Å². The van der Waals surface area contributed by atoms with Gasteiger partial charge >= 0.3 is 0 Å². The van der Waals surface area contributed by atoms with E-state index in [4.69, 9.17) is 0 Å². The van der Waals surface area contributed by atoms with Crippen molar-refractivity contribution in [3.05, 3.63) is 47.1 Å². The molecule has 114 valence electrons. The predicted octanol–water partition coefficient (Wildman–Crippen LogP) is 3.99. The SMILES string of the molecule is CN(C)CCCCNCc1ccc(F)c(-c2cccs2)c1. The first kappa shape index (κ1) is 16.1. The Morgan fingerprint density at radius 1 is 1.19 bits per heavy atom. The molecule has 0 unspecified atom stereocenters. The molecule has 1 aromatic carbocycles. The Kier molecular flexibility index (Phi) is 6.36. The summed E-state index contributed by atoms with van der Waals surface area (Å²) in [5, 5.41) is 5.41. The molecular weight excluding hydrogens is 283 g/mol. The maximum absolute atomic E-state index is 13.9. The van der Waals surface area contributed by atoms with Gasteiger partial charge in [0.15, 0.2) is 0 Å². The van der Waals surface area contributed by atoms with Crippen molar-refractivity contribution in [1.82, 2.24) is 10.2 Å². The molecule has 2 rings (SSSR count). The summed E-state index contributed by atoms with van der Waals surface area (Å²) in [5.41, 5.74) is 1.84. The van der Waals surface area contributed by atoms with Gasteiger partial charge < -0.3 is 10.2 Å². The molecular formula is C17H23FN2S. The second-order valence-corrected chi connectivity index (χ2v) is 6.43. The van der Waals surface area contributed by atoms with Crippen molar-refractivity contribution >= 4 is 11.3 Å². The smallest absolute Gasteiger partial charge is 0.131 e. The molecule has 0 radical (unpaired) electrons. The molecule has 0 saturated carbocycles. The highest BCUT2D eigenvalue weighted by Crippen LogP contribution is 2.28. The molecule has 1 heterocycles. The lowest BCUT2D eigenvalue weighted by atomic mass is 10.1. The average molecular weight is 306 g/mol. The number of hydrogen-bond donors (Lipinski definition) is 1. The van der Waals surface area contributed by atoms with E-state index in [9.17, 15) is 4.39 Å². The van der Waals surface area contributed by atoms with Crippen molar-refractivity contribution in [1.29, 1.82) is 0 Å². The first-order valence-electron chi connectivity index (χ1n) is 7.34. The second-order valence-electron chi connectivity index (χ2n) is 5.48. The minimum atomic E-state index is -0.146. The van der Waals surface area contributed by atoms with Crippen LogP contribution in [0.3, 0.4) is 0 Å². The molecule has 2 nitrogen and oxygen atoms in total. The Labute approximate surface area is 130 Å². The van der Waals surface area contributed by atoms with E-state index in [0.29, 0.717) is 5.56 Å². The number of unbranched alkanes of at least 4 members (excludes halogenated alkanes) is 1. The zero-order chi connectivity index (χ0) is 15.1. The van der Waals surface area contributed by atoms with Gasteiger partial charge in [-0.1, -0.05) is 12.1 Å². The van der Waals surface area contributed by atoms with E-state index in [-0.39, 0.29) is 5.82 Å². The predicted molar refractivity (Wildman–Crippen MR) is 89.2 cm³/mol. The van der Waals surface area contributed by atoms with Crippen LogP contribution in [0.25, 0.3) is 10.4 Å². The van der Waals surface area contributed by atoms with Gasteiger partial charge in [-0.25, -0.2) is 4.39 Å². The van der Waals surface area contributed by atoms with E-state index in [1.165, 1.54) is 6.42 Å². The van der Waals surface area contributed by atoms with Gasteiger partial charge in [-0.2, -0.15) is 0 Å². The van der Waals surface area contributed by atoms with Gasteiger partial charge in [-0.05, 0) is 69.2 Å². The molecule has 2 aromatic rings. The minimum absolute atomic E-state index is 0.146. The Hall–Kier alpha value is -1.23. The summed E-state index contributed by atoms with van der Waals surface area (Å²) in [4.78, 5) is 3.19. The highest BCUT2D eigenvalue weighted by atomic mass is 32.1. The van der Waals surface area contributed by atoms with Gasteiger partial charge in [-0.15, -0.1) is 11.3 Å². The van der Waals surface area contributed by atoms with Crippen LogP contribution in [0.1, 0.15) is 18.4 Å². The van der Waals surface area contributed by atoms with Crippen LogP contribution in [0, 0.1) is 5.82 Å². The third kappa shape index (κ3) is 5.23. The Morgan fingerprint density at radius 3 is 2.76 bits per heavy atom. The summed E-state index contributed by atoms with van der Waals surface area (Å²) in [7, 11) is 4.19. The average Bonchev–Trinajstić information content (AvgIpc) is 2.98. The summed E-state index contributed by atoms with van der Waals surface area (Å²) in [6.45, 7) is 2.92. The molecule has 0 bridgehead atoms. The van der Waals surface area contributed by atoms with Crippen molar-refractivity contribution in [2.24, 2.45) is 0 Å². The van der Waals surface area contributed by atoms with Gasteiger partial charge in [0.25, 0.3) is 0 Å². The number of halogens is 1. The van der Waals surface area contributed by atoms with Gasteiger partial charge in [0.1, 0.15) is 5.82 Å². The van der Waals surface area contributed by atoms with Crippen molar-refractivity contribution in [3.8, 4) is 10.4 Å². The molecule has 0 aliphatic carbocycles. The molecule has 0 spiro atoms. The number of thiophene rings is 1. The van der Waals surface area contributed by atoms with Gasteiger partial charge in [0.2, 0.25) is 0 Å². The third-order valence-electron chi connectivity index (χ3n) is 3.36. The van der Waals surface area contributed by atoms with E-state index in [0.717, 1.165) is 36.5 Å². The number of rotatable bonds is 8. The Balaban J connectivity index is 1.83. The van der Waals surface area contributed by atoms with Gasteiger partial charge in [0, 0.05) is 17.0 Å². The zero-order valence-corrected chi connectivity index (χ0v) is 13.5. The van der Waals surface area contributed by atoms with Crippen LogP contribution in [-0.4, -0.2) is 32.1 Å². The molecule has 0 fully saturated rings. The monoisotopic (exact) mass is 306 g/mol. The molecule has 0 aliphatic heterocycles. The van der Waals surface area contributed by atoms with E-state index in [1.807, 2.05) is 29.6 Å². The van der Waals surface area contributed by atoms with Crippen molar-refractivity contribution in [2.75, 3.05) is 27.2 Å². The van der Waals surface area contributed by atoms with E-state index >= 15 is 0 Å². The number of benzene rings is 1. The van der Waals surface area contributed by atoms with Crippen molar-refractivity contribution in [3.63, 3.8) is 0 Å². The van der Waals surface area contributed by atoms with Crippen LogP contribution in [0.15, 0.2) is 35.7 Å². The number of nitrogens with zero attached hydrogens (tertiary/aromatic N) is 1. The van der Waals surface area contributed by atoms with Crippen molar-refractivity contribution in [2.45, 2.75) is 19.4 Å². The second kappa shape index (κ2) is 8.27. The van der Waals surface area contributed by atoms with Crippen LogP contribution in [0.5, 0.6) is 0 Å². The lowest BCUT2D eigenvalue weighted by molar-refractivity contribution is 0.391. The van der Waals surface area contributed by atoms with Crippen LogP contribution in [0.4, 0.5) is 4.39 Å². The summed E-state index contributed by atoms with van der Waals surface area (Å²) < 4.78 is 13.9. The topological polar surface area (TPSA) is 15.3 Å². The third-order valence-corrected chi connectivity index (χ3v) is 4.26. The minimum Gasteiger partial charge on any atom is -0.313 e.